The molecule has 0 spiro atoms. The zero-order valence-electron chi connectivity index (χ0n) is 11.5. The number of benzene rings is 1. The minimum atomic E-state index is -3.79. The Morgan fingerprint density at radius 2 is 1.86 bits per heavy atom. The van der Waals surface area contributed by atoms with Crippen LogP contribution in [0.4, 0.5) is 0 Å². The van der Waals surface area contributed by atoms with Crippen molar-refractivity contribution in [1.29, 1.82) is 0 Å². The Morgan fingerprint density at radius 3 is 2.29 bits per heavy atom. The maximum absolute atomic E-state index is 11.5. The molecule has 0 aromatic heterocycles. The number of primary sulfonamides is 1. The van der Waals surface area contributed by atoms with Crippen LogP contribution in [0.5, 0.6) is 5.75 Å². The van der Waals surface area contributed by atoms with E-state index in [1.807, 2.05) is 13.8 Å². The fraction of sp³-hybridized carbons (Fsp3) is 0.417. The van der Waals surface area contributed by atoms with Crippen LogP contribution in [0.25, 0.3) is 0 Å². The molecule has 1 aromatic rings. The number of nitrogens with two attached hydrogens (primary N) is 1. The second-order valence-corrected chi connectivity index (χ2v) is 7.85. The normalized spacial score (nSPS) is 11.5. The standard InChI is InChI=1S/C12H16Br2N2O4S/c1-7(2)16-11(17)3-4-20-12-9(13)5-8(6-10(12)14)21(15,18)19/h5-7H,3-4H2,1-2H3,(H,16,17)(H2,15,18,19). The van der Waals surface area contributed by atoms with E-state index in [-0.39, 0.29) is 29.9 Å². The van der Waals surface area contributed by atoms with Crippen LogP contribution in [-0.4, -0.2) is 27.0 Å². The fourth-order valence-corrected chi connectivity index (χ4v) is 3.76. The van der Waals surface area contributed by atoms with E-state index in [9.17, 15) is 13.2 Å². The summed E-state index contributed by atoms with van der Waals surface area (Å²) in [6.07, 6.45) is 0.202. The highest BCUT2D eigenvalue weighted by Gasteiger charge is 2.15. The largest absolute Gasteiger partial charge is 0.491 e. The van der Waals surface area contributed by atoms with Gasteiger partial charge in [0.25, 0.3) is 0 Å². The van der Waals surface area contributed by atoms with Crippen LogP contribution in [0.3, 0.4) is 0 Å². The first-order chi connectivity index (χ1) is 9.61. The molecule has 0 fully saturated rings. The smallest absolute Gasteiger partial charge is 0.238 e. The fourth-order valence-electron chi connectivity index (χ4n) is 1.48. The van der Waals surface area contributed by atoms with Crippen molar-refractivity contribution in [2.45, 2.75) is 31.2 Å². The Morgan fingerprint density at radius 1 is 1.33 bits per heavy atom. The van der Waals surface area contributed by atoms with Gasteiger partial charge in [0.2, 0.25) is 15.9 Å². The van der Waals surface area contributed by atoms with E-state index in [0.717, 1.165) is 0 Å². The van der Waals surface area contributed by atoms with Gasteiger partial charge in [0.05, 0.1) is 26.9 Å². The van der Waals surface area contributed by atoms with Crippen LogP contribution in [-0.2, 0) is 14.8 Å². The molecule has 0 heterocycles. The van der Waals surface area contributed by atoms with E-state index in [4.69, 9.17) is 9.88 Å². The lowest BCUT2D eigenvalue weighted by molar-refractivity contribution is -0.122. The number of halogens is 2. The summed E-state index contributed by atoms with van der Waals surface area (Å²) in [6, 6.07) is 2.78. The average Bonchev–Trinajstić information content (AvgIpc) is 2.30. The van der Waals surface area contributed by atoms with Gasteiger partial charge in [0.15, 0.2) is 0 Å². The van der Waals surface area contributed by atoms with Crippen LogP contribution < -0.4 is 15.2 Å². The number of ether oxygens (including phenoxy) is 1. The number of carbonyl (C=O) groups excluding carboxylic acids is 1. The van der Waals surface area contributed by atoms with E-state index >= 15 is 0 Å². The number of rotatable bonds is 6. The summed E-state index contributed by atoms with van der Waals surface area (Å²) in [5.41, 5.74) is 0. The van der Waals surface area contributed by atoms with Gasteiger partial charge >= 0.3 is 0 Å². The topological polar surface area (TPSA) is 98.5 Å². The van der Waals surface area contributed by atoms with Crippen molar-refractivity contribution < 1.29 is 17.9 Å². The average molecular weight is 444 g/mol. The summed E-state index contributed by atoms with van der Waals surface area (Å²) in [4.78, 5) is 11.5. The van der Waals surface area contributed by atoms with Gasteiger partial charge < -0.3 is 10.1 Å². The van der Waals surface area contributed by atoms with Crippen LogP contribution >= 0.6 is 31.9 Å². The third kappa shape index (κ3) is 5.93. The summed E-state index contributed by atoms with van der Waals surface area (Å²) >= 11 is 6.44. The minimum Gasteiger partial charge on any atom is -0.491 e. The van der Waals surface area contributed by atoms with Gasteiger partial charge in [-0.05, 0) is 57.8 Å². The SMILES string of the molecule is CC(C)NC(=O)CCOc1c(Br)cc(S(N)(=O)=O)cc1Br. The molecule has 0 radical (unpaired) electrons. The molecule has 0 saturated carbocycles. The van der Waals surface area contributed by atoms with Crippen LogP contribution in [0.2, 0.25) is 0 Å². The maximum Gasteiger partial charge on any atom is 0.238 e. The maximum atomic E-state index is 11.5. The van der Waals surface area contributed by atoms with Gasteiger partial charge in [-0.3, -0.25) is 4.79 Å². The lowest BCUT2D eigenvalue weighted by Gasteiger charge is -2.12. The molecule has 0 saturated heterocycles. The number of hydrogen-bond donors (Lipinski definition) is 2. The van der Waals surface area contributed by atoms with Gasteiger partial charge in [-0.25, -0.2) is 13.6 Å². The lowest BCUT2D eigenvalue weighted by Crippen LogP contribution is -2.31. The van der Waals surface area contributed by atoms with Crippen LogP contribution in [0.1, 0.15) is 20.3 Å². The molecule has 0 atom stereocenters. The summed E-state index contributed by atoms with van der Waals surface area (Å²) in [6.45, 7) is 3.92. The molecule has 0 unspecified atom stereocenters. The van der Waals surface area contributed by atoms with E-state index in [1.165, 1.54) is 12.1 Å². The summed E-state index contributed by atoms with van der Waals surface area (Å²) in [5.74, 6) is 0.304. The van der Waals surface area contributed by atoms with Crippen molar-refractivity contribution in [3.8, 4) is 5.75 Å². The summed E-state index contributed by atoms with van der Waals surface area (Å²) < 4.78 is 29.0. The minimum absolute atomic E-state index is 0.0360. The first kappa shape index (κ1) is 18.4. The van der Waals surface area contributed by atoms with Crippen molar-refractivity contribution >= 4 is 47.8 Å². The molecule has 6 nitrogen and oxygen atoms in total. The second-order valence-electron chi connectivity index (χ2n) is 4.58. The molecular weight excluding hydrogens is 428 g/mol. The predicted molar refractivity (Wildman–Crippen MR) is 86.6 cm³/mol. The molecule has 3 N–H and O–H groups in total. The highest BCUT2D eigenvalue weighted by Crippen LogP contribution is 2.35. The Bertz CT molecular complexity index is 609. The molecule has 1 amide bonds. The number of carbonyl (C=O) groups is 1. The second kappa shape index (κ2) is 7.57. The third-order valence-electron chi connectivity index (χ3n) is 2.33. The molecule has 9 heteroatoms. The molecule has 1 aromatic carbocycles. The third-order valence-corrected chi connectivity index (χ3v) is 4.40. The number of nitrogens with one attached hydrogen (secondary N) is 1. The highest BCUT2D eigenvalue weighted by molar-refractivity contribution is 9.11. The highest BCUT2D eigenvalue weighted by atomic mass is 79.9. The number of sulfonamides is 1. The molecule has 0 aliphatic carbocycles. The zero-order chi connectivity index (χ0) is 16.2. The predicted octanol–water partition coefficient (Wildman–Crippen LogP) is 2.15. The van der Waals surface area contributed by atoms with Gasteiger partial charge in [-0.15, -0.1) is 0 Å². The van der Waals surface area contributed by atoms with Crippen molar-refractivity contribution in [3.63, 3.8) is 0 Å². The van der Waals surface area contributed by atoms with Crippen LogP contribution in [0, 0.1) is 0 Å². The Labute approximate surface area is 140 Å². The van der Waals surface area contributed by atoms with Crippen LogP contribution in [0.15, 0.2) is 26.0 Å². The first-order valence-electron chi connectivity index (χ1n) is 6.05. The Kier molecular flexibility index (Phi) is 6.64. The molecule has 0 aliphatic heterocycles. The number of amides is 1. The molecule has 0 aliphatic rings. The van der Waals surface area contributed by atoms with Crippen molar-refractivity contribution in [1.82, 2.24) is 5.32 Å². The van der Waals surface area contributed by atoms with Crippen molar-refractivity contribution in [3.05, 3.63) is 21.1 Å². The molecule has 1 rings (SSSR count). The van der Waals surface area contributed by atoms with E-state index in [1.54, 1.807) is 0 Å². The van der Waals surface area contributed by atoms with Crippen molar-refractivity contribution in [2.24, 2.45) is 5.14 Å². The monoisotopic (exact) mass is 442 g/mol. The summed E-state index contributed by atoms with van der Waals surface area (Å²) in [7, 11) is -3.79. The number of hydrogen-bond acceptors (Lipinski definition) is 4. The lowest BCUT2D eigenvalue weighted by atomic mass is 10.3. The summed E-state index contributed by atoms with van der Waals surface area (Å²) in [5, 5.41) is 7.82. The van der Waals surface area contributed by atoms with E-state index in [0.29, 0.717) is 14.7 Å². The van der Waals surface area contributed by atoms with Gasteiger partial charge in [-0.1, -0.05) is 0 Å². The molecule has 0 bridgehead atoms. The molecular formula is C12H16Br2N2O4S. The van der Waals surface area contributed by atoms with Gasteiger partial charge in [0.1, 0.15) is 5.75 Å². The van der Waals surface area contributed by atoms with Gasteiger partial charge in [0, 0.05) is 6.04 Å². The van der Waals surface area contributed by atoms with E-state index < -0.39 is 10.0 Å². The zero-order valence-corrected chi connectivity index (χ0v) is 15.5. The Hall–Kier alpha value is -0.640. The first-order valence-corrected chi connectivity index (χ1v) is 9.18. The quantitative estimate of drug-likeness (QED) is 0.703. The molecule has 118 valence electrons. The Balaban J connectivity index is 2.75. The van der Waals surface area contributed by atoms with Gasteiger partial charge in [-0.2, -0.15) is 0 Å². The van der Waals surface area contributed by atoms with E-state index in [2.05, 4.69) is 37.2 Å². The molecule has 21 heavy (non-hydrogen) atoms. The van der Waals surface area contributed by atoms with Crippen molar-refractivity contribution in [2.75, 3.05) is 6.61 Å².